The maximum Gasteiger partial charge on any atom is 0.433 e. The number of halogens is 4. The minimum Gasteiger partial charge on any atom is -0.381 e. The molecule has 2 aromatic rings. The van der Waals surface area contributed by atoms with E-state index >= 15 is 0 Å². The molecule has 3 rings (SSSR count). The Bertz CT molecular complexity index is 681. The molecule has 8 heteroatoms. The fourth-order valence-corrected chi connectivity index (χ4v) is 2.33. The van der Waals surface area contributed by atoms with Gasteiger partial charge in [-0.1, -0.05) is 12.1 Å². The standard InChI is InChI=1S/C14H11F4N3O/c15-10-3-1-9(2-4-10)13(22)7-21(8-13)12-19-6-5-11(20-12)14(16,17)18/h1-6,22H,7-8H2. The van der Waals surface area contributed by atoms with Gasteiger partial charge in [0.05, 0.1) is 13.1 Å². The van der Waals surface area contributed by atoms with E-state index in [0.29, 0.717) is 5.56 Å². The van der Waals surface area contributed by atoms with Crippen molar-refractivity contribution >= 4 is 5.95 Å². The van der Waals surface area contributed by atoms with Crippen LogP contribution in [0.3, 0.4) is 0 Å². The number of anilines is 1. The molecule has 0 amide bonds. The zero-order valence-electron chi connectivity index (χ0n) is 11.2. The molecule has 1 aromatic carbocycles. The van der Waals surface area contributed by atoms with Gasteiger partial charge in [-0.15, -0.1) is 0 Å². The molecule has 1 aromatic heterocycles. The van der Waals surface area contributed by atoms with Gasteiger partial charge in [-0.2, -0.15) is 13.2 Å². The molecule has 22 heavy (non-hydrogen) atoms. The van der Waals surface area contributed by atoms with E-state index in [-0.39, 0.29) is 19.0 Å². The topological polar surface area (TPSA) is 49.2 Å². The third-order valence-corrected chi connectivity index (χ3v) is 3.50. The van der Waals surface area contributed by atoms with Gasteiger partial charge in [0.2, 0.25) is 5.95 Å². The molecule has 1 N–H and O–H groups in total. The predicted octanol–water partition coefficient (Wildman–Crippen LogP) is 2.34. The van der Waals surface area contributed by atoms with E-state index in [2.05, 4.69) is 9.97 Å². The summed E-state index contributed by atoms with van der Waals surface area (Å²) in [5, 5.41) is 10.4. The number of nitrogens with zero attached hydrogens (tertiary/aromatic N) is 3. The Kier molecular flexibility index (Phi) is 3.28. The van der Waals surface area contributed by atoms with Crippen LogP contribution in [0.5, 0.6) is 0 Å². The number of hydrogen-bond donors (Lipinski definition) is 1. The summed E-state index contributed by atoms with van der Waals surface area (Å²) < 4.78 is 50.7. The number of hydrogen-bond acceptors (Lipinski definition) is 4. The number of aliphatic hydroxyl groups is 1. The SMILES string of the molecule is OC1(c2ccc(F)cc2)CN(c2nccc(C(F)(F)F)n2)C1. The first-order valence-electron chi connectivity index (χ1n) is 6.42. The number of β-amino-alcohol motifs (C(OH)–C–C–N with tert-alkyl or cyclic N) is 1. The molecule has 0 atom stereocenters. The number of benzene rings is 1. The third-order valence-electron chi connectivity index (χ3n) is 3.50. The molecule has 1 aliphatic heterocycles. The molecule has 0 bridgehead atoms. The highest BCUT2D eigenvalue weighted by molar-refractivity contribution is 5.42. The van der Waals surface area contributed by atoms with Crippen LogP contribution in [0.15, 0.2) is 36.5 Å². The summed E-state index contributed by atoms with van der Waals surface area (Å²) in [6.07, 6.45) is -3.52. The minimum absolute atomic E-state index is 0.0416. The molecule has 1 aliphatic rings. The molecule has 0 spiro atoms. The Morgan fingerprint density at radius 3 is 2.32 bits per heavy atom. The maximum absolute atomic E-state index is 12.9. The number of aromatic nitrogens is 2. The first kappa shape index (κ1) is 14.7. The Balaban J connectivity index is 1.77. The largest absolute Gasteiger partial charge is 0.433 e. The van der Waals surface area contributed by atoms with E-state index in [0.717, 1.165) is 12.3 Å². The zero-order chi connectivity index (χ0) is 16.0. The molecule has 0 saturated carbocycles. The van der Waals surface area contributed by atoms with Gasteiger partial charge >= 0.3 is 6.18 Å². The Hall–Kier alpha value is -2.22. The van der Waals surface area contributed by atoms with Crippen LogP contribution in [0.2, 0.25) is 0 Å². The molecular formula is C14H11F4N3O. The van der Waals surface area contributed by atoms with Crippen molar-refractivity contribution in [1.82, 2.24) is 9.97 Å². The van der Waals surface area contributed by atoms with Crippen LogP contribution in [0, 0.1) is 5.82 Å². The summed E-state index contributed by atoms with van der Waals surface area (Å²) in [5.41, 5.74) is -1.78. The molecule has 0 radical (unpaired) electrons. The molecule has 1 fully saturated rings. The second kappa shape index (κ2) is 4.91. The van der Waals surface area contributed by atoms with E-state index in [4.69, 9.17) is 0 Å². The fraction of sp³-hybridized carbons (Fsp3) is 0.286. The van der Waals surface area contributed by atoms with Gasteiger partial charge in [0.15, 0.2) is 0 Å². The van der Waals surface area contributed by atoms with Gasteiger partial charge in [-0.05, 0) is 23.8 Å². The Labute approximate surface area is 123 Å². The lowest BCUT2D eigenvalue weighted by Gasteiger charge is -2.46. The maximum atomic E-state index is 12.9. The average molecular weight is 313 g/mol. The smallest absolute Gasteiger partial charge is 0.381 e. The van der Waals surface area contributed by atoms with Crippen molar-refractivity contribution in [3.63, 3.8) is 0 Å². The summed E-state index contributed by atoms with van der Waals surface area (Å²) in [5.74, 6) is -0.522. The molecular weight excluding hydrogens is 302 g/mol. The molecule has 4 nitrogen and oxygen atoms in total. The molecule has 1 saturated heterocycles. The highest BCUT2D eigenvalue weighted by Crippen LogP contribution is 2.35. The lowest BCUT2D eigenvalue weighted by atomic mass is 9.86. The van der Waals surface area contributed by atoms with E-state index < -0.39 is 23.3 Å². The lowest BCUT2D eigenvalue weighted by Crippen LogP contribution is -2.60. The Morgan fingerprint density at radius 1 is 1.09 bits per heavy atom. The van der Waals surface area contributed by atoms with E-state index in [1.165, 1.54) is 29.2 Å². The first-order chi connectivity index (χ1) is 10.3. The van der Waals surface area contributed by atoms with Crippen molar-refractivity contribution in [3.05, 3.63) is 53.6 Å². The van der Waals surface area contributed by atoms with Crippen molar-refractivity contribution in [1.29, 1.82) is 0 Å². The van der Waals surface area contributed by atoms with Crippen LogP contribution in [0.4, 0.5) is 23.5 Å². The van der Waals surface area contributed by atoms with Crippen molar-refractivity contribution < 1.29 is 22.7 Å². The second-order valence-corrected chi connectivity index (χ2v) is 5.13. The highest BCUT2D eigenvalue weighted by Gasteiger charge is 2.44. The third kappa shape index (κ3) is 2.61. The first-order valence-corrected chi connectivity index (χ1v) is 6.42. The quantitative estimate of drug-likeness (QED) is 0.865. The monoisotopic (exact) mass is 313 g/mol. The van der Waals surface area contributed by atoms with Crippen LogP contribution in [-0.2, 0) is 11.8 Å². The van der Waals surface area contributed by atoms with E-state index in [9.17, 15) is 22.7 Å². The average Bonchev–Trinajstić information content (AvgIpc) is 2.44. The number of rotatable bonds is 2. The van der Waals surface area contributed by atoms with Gasteiger partial charge < -0.3 is 10.0 Å². The van der Waals surface area contributed by atoms with Crippen molar-refractivity contribution in [3.8, 4) is 0 Å². The second-order valence-electron chi connectivity index (χ2n) is 5.13. The summed E-state index contributed by atoms with van der Waals surface area (Å²) in [6.45, 7) is 0.0832. The van der Waals surface area contributed by atoms with Crippen LogP contribution >= 0.6 is 0 Å². The predicted molar refractivity (Wildman–Crippen MR) is 69.5 cm³/mol. The van der Waals surface area contributed by atoms with Crippen LogP contribution in [0.25, 0.3) is 0 Å². The molecule has 0 aliphatic carbocycles. The van der Waals surface area contributed by atoms with Crippen molar-refractivity contribution in [2.45, 2.75) is 11.8 Å². The van der Waals surface area contributed by atoms with E-state index in [1.807, 2.05) is 0 Å². The van der Waals surface area contributed by atoms with Gasteiger partial charge in [-0.3, -0.25) is 0 Å². The Morgan fingerprint density at radius 2 is 1.73 bits per heavy atom. The number of alkyl halides is 3. The van der Waals surface area contributed by atoms with Gasteiger partial charge in [0, 0.05) is 6.20 Å². The summed E-state index contributed by atoms with van der Waals surface area (Å²) in [6, 6.07) is 6.11. The minimum atomic E-state index is -4.55. The van der Waals surface area contributed by atoms with Gasteiger partial charge in [0.1, 0.15) is 17.1 Å². The molecule has 116 valence electrons. The van der Waals surface area contributed by atoms with Crippen LogP contribution in [-0.4, -0.2) is 28.2 Å². The fourth-order valence-electron chi connectivity index (χ4n) is 2.33. The molecule has 2 heterocycles. The van der Waals surface area contributed by atoms with Crippen LogP contribution in [0.1, 0.15) is 11.3 Å². The van der Waals surface area contributed by atoms with Gasteiger partial charge in [-0.25, -0.2) is 14.4 Å². The normalized spacial score (nSPS) is 17.2. The van der Waals surface area contributed by atoms with Crippen molar-refractivity contribution in [2.75, 3.05) is 18.0 Å². The van der Waals surface area contributed by atoms with Gasteiger partial charge in [0.25, 0.3) is 0 Å². The van der Waals surface area contributed by atoms with Crippen LogP contribution < -0.4 is 4.90 Å². The summed E-state index contributed by atoms with van der Waals surface area (Å²) >= 11 is 0. The summed E-state index contributed by atoms with van der Waals surface area (Å²) in [7, 11) is 0. The van der Waals surface area contributed by atoms with Crippen molar-refractivity contribution in [2.24, 2.45) is 0 Å². The zero-order valence-corrected chi connectivity index (χ0v) is 11.2. The lowest BCUT2D eigenvalue weighted by molar-refractivity contribution is -0.141. The highest BCUT2D eigenvalue weighted by atomic mass is 19.4. The summed E-state index contributed by atoms with van der Waals surface area (Å²) in [4.78, 5) is 8.68. The van der Waals surface area contributed by atoms with E-state index in [1.54, 1.807) is 0 Å². The molecule has 0 unspecified atom stereocenters.